The molecule has 0 saturated carbocycles. The van der Waals surface area contributed by atoms with Gasteiger partial charge in [-0.2, -0.15) is 0 Å². The second kappa shape index (κ2) is 7.53. The highest BCUT2D eigenvalue weighted by Crippen LogP contribution is 2.32. The molecule has 0 bridgehead atoms. The Bertz CT molecular complexity index is 732. The summed E-state index contributed by atoms with van der Waals surface area (Å²) in [6.07, 6.45) is 2.50. The second-order valence-electron chi connectivity index (χ2n) is 6.79. The number of likely N-dealkylation sites (tertiary alicyclic amines) is 1. The van der Waals surface area contributed by atoms with Crippen LogP contribution in [0.25, 0.3) is 0 Å². The molecule has 0 radical (unpaired) electrons. The van der Waals surface area contributed by atoms with Gasteiger partial charge in [0.25, 0.3) is 11.8 Å². The molecule has 0 spiro atoms. The van der Waals surface area contributed by atoms with Crippen LogP contribution in [0.15, 0.2) is 35.2 Å². The lowest BCUT2D eigenvalue weighted by molar-refractivity contribution is -0.0647. The monoisotopic (exact) mass is 363 g/mol. The van der Waals surface area contributed by atoms with Crippen LogP contribution in [-0.4, -0.2) is 41.3 Å². The van der Waals surface area contributed by atoms with Gasteiger partial charge in [-0.3, -0.25) is 9.69 Å². The predicted octanol–water partition coefficient (Wildman–Crippen LogP) is 3.49. The molecular formula is C19H23F2N3O2. The van der Waals surface area contributed by atoms with E-state index >= 15 is 0 Å². The maximum absolute atomic E-state index is 13.5. The van der Waals surface area contributed by atoms with E-state index in [1.54, 1.807) is 6.20 Å². The van der Waals surface area contributed by atoms with Gasteiger partial charge in [0.05, 0.1) is 12.2 Å². The van der Waals surface area contributed by atoms with Crippen molar-refractivity contribution in [3.63, 3.8) is 0 Å². The summed E-state index contributed by atoms with van der Waals surface area (Å²) >= 11 is 0. The number of aryl methyl sites for hydroxylation is 2. The van der Waals surface area contributed by atoms with Crippen molar-refractivity contribution in [2.45, 2.75) is 38.7 Å². The summed E-state index contributed by atoms with van der Waals surface area (Å²) in [6, 6.07) is 5.37. The number of benzene rings is 1. The molecule has 2 aromatic rings. The minimum atomic E-state index is -2.62. The summed E-state index contributed by atoms with van der Waals surface area (Å²) in [5, 5.41) is 2.93. The number of halogens is 2. The fourth-order valence-electron chi connectivity index (χ4n) is 3.41. The number of hydrogen-bond donors (Lipinski definition) is 1. The van der Waals surface area contributed by atoms with Gasteiger partial charge in [-0.25, -0.2) is 13.8 Å². The van der Waals surface area contributed by atoms with Crippen LogP contribution in [0.3, 0.4) is 0 Å². The van der Waals surface area contributed by atoms with E-state index in [4.69, 9.17) is 4.42 Å². The van der Waals surface area contributed by atoms with Gasteiger partial charge in [-0.15, -0.1) is 0 Å². The van der Waals surface area contributed by atoms with Crippen LogP contribution >= 0.6 is 0 Å². The highest BCUT2D eigenvalue weighted by atomic mass is 19.3. The van der Waals surface area contributed by atoms with Gasteiger partial charge < -0.3 is 9.73 Å². The number of alkyl halides is 2. The van der Waals surface area contributed by atoms with Crippen molar-refractivity contribution in [2.24, 2.45) is 0 Å². The number of oxazole rings is 1. The lowest BCUT2D eigenvalue weighted by Crippen LogP contribution is -2.45. The number of carbonyl (C=O) groups excluding carboxylic acids is 1. The van der Waals surface area contributed by atoms with Crippen LogP contribution in [0, 0.1) is 13.8 Å². The fourth-order valence-corrected chi connectivity index (χ4v) is 3.41. The van der Waals surface area contributed by atoms with Gasteiger partial charge in [0, 0.05) is 38.0 Å². The van der Waals surface area contributed by atoms with Gasteiger partial charge in [0.1, 0.15) is 5.76 Å². The third kappa shape index (κ3) is 4.09. The van der Waals surface area contributed by atoms with E-state index in [1.165, 1.54) is 6.39 Å². The highest BCUT2D eigenvalue weighted by molar-refractivity contribution is 5.97. The smallest absolute Gasteiger partial charge is 0.251 e. The molecule has 1 saturated heterocycles. The molecule has 0 aliphatic carbocycles. The molecule has 1 atom stereocenters. The number of nitrogens with one attached hydrogen (secondary N) is 1. The van der Waals surface area contributed by atoms with Crippen molar-refractivity contribution in [1.82, 2.24) is 15.2 Å². The highest BCUT2D eigenvalue weighted by Gasteiger charge is 2.37. The van der Waals surface area contributed by atoms with Crippen molar-refractivity contribution in [2.75, 3.05) is 19.6 Å². The van der Waals surface area contributed by atoms with Gasteiger partial charge in [-0.05, 0) is 25.0 Å². The van der Waals surface area contributed by atoms with E-state index < -0.39 is 5.92 Å². The zero-order chi connectivity index (χ0) is 18.7. The maximum Gasteiger partial charge on any atom is 0.251 e. The summed E-state index contributed by atoms with van der Waals surface area (Å²) in [5.41, 5.74) is 2.45. The molecule has 1 N–H and O–H groups in total. The van der Waals surface area contributed by atoms with Crippen LogP contribution in [0.5, 0.6) is 0 Å². The predicted molar refractivity (Wildman–Crippen MR) is 93.2 cm³/mol. The average Bonchev–Trinajstić information content (AvgIpc) is 3.10. The molecule has 1 amide bonds. The summed E-state index contributed by atoms with van der Waals surface area (Å²) in [6.45, 7) is 4.55. The van der Waals surface area contributed by atoms with Gasteiger partial charge in [0.2, 0.25) is 0 Å². The first-order valence-corrected chi connectivity index (χ1v) is 8.72. The van der Waals surface area contributed by atoms with Gasteiger partial charge >= 0.3 is 0 Å². The van der Waals surface area contributed by atoms with E-state index in [2.05, 4.69) is 10.3 Å². The van der Waals surface area contributed by atoms with E-state index in [0.29, 0.717) is 11.3 Å². The summed E-state index contributed by atoms with van der Waals surface area (Å²) in [5.74, 6) is -2.23. The fraction of sp³-hybridized carbons (Fsp3) is 0.474. The Morgan fingerprint density at radius 1 is 1.31 bits per heavy atom. The molecule has 1 aromatic heterocycles. The Balaban J connectivity index is 1.72. The molecule has 0 unspecified atom stereocenters. The van der Waals surface area contributed by atoms with Crippen LogP contribution in [-0.2, 0) is 0 Å². The van der Waals surface area contributed by atoms with E-state index in [0.717, 1.165) is 11.1 Å². The Kier molecular flexibility index (Phi) is 5.36. The maximum atomic E-state index is 13.5. The van der Waals surface area contributed by atoms with Gasteiger partial charge in [-0.1, -0.05) is 18.2 Å². The van der Waals surface area contributed by atoms with E-state index in [-0.39, 0.29) is 44.4 Å². The lowest BCUT2D eigenvalue weighted by Gasteiger charge is -2.36. The molecule has 1 aromatic carbocycles. The first kappa shape index (κ1) is 18.5. The Morgan fingerprint density at radius 3 is 2.54 bits per heavy atom. The SMILES string of the molecule is Cc1cccc(C)c1C(=O)NC[C@H](c1cnco1)N1CCC(F)(F)CC1. The van der Waals surface area contributed by atoms with Crippen molar-refractivity contribution >= 4 is 5.91 Å². The van der Waals surface area contributed by atoms with Crippen molar-refractivity contribution in [3.8, 4) is 0 Å². The molecule has 1 aliphatic rings. The van der Waals surface area contributed by atoms with Crippen LogP contribution < -0.4 is 5.32 Å². The largest absolute Gasteiger partial charge is 0.447 e. The summed E-state index contributed by atoms with van der Waals surface area (Å²) < 4.78 is 32.3. The Morgan fingerprint density at radius 2 is 1.96 bits per heavy atom. The number of aromatic nitrogens is 1. The minimum Gasteiger partial charge on any atom is -0.447 e. The van der Waals surface area contributed by atoms with E-state index in [9.17, 15) is 13.6 Å². The number of carbonyl (C=O) groups is 1. The average molecular weight is 363 g/mol. The topological polar surface area (TPSA) is 58.4 Å². The van der Waals surface area contributed by atoms with Crippen LogP contribution in [0.4, 0.5) is 8.78 Å². The van der Waals surface area contributed by atoms with Gasteiger partial charge in [0.15, 0.2) is 6.39 Å². The van der Waals surface area contributed by atoms with Crippen LogP contribution in [0.1, 0.15) is 46.1 Å². The number of hydrogen-bond acceptors (Lipinski definition) is 4. The second-order valence-corrected chi connectivity index (χ2v) is 6.79. The Labute approximate surface area is 151 Å². The summed E-state index contributed by atoms with van der Waals surface area (Å²) in [7, 11) is 0. The first-order chi connectivity index (χ1) is 12.4. The lowest BCUT2D eigenvalue weighted by atomic mass is 10.0. The first-order valence-electron chi connectivity index (χ1n) is 8.72. The molecule has 5 nitrogen and oxygen atoms in total. The Hall–Kier alpha value is -2.28. The number of piperidine rings is 1. The standard InChI is InChI=1S/C19H23F2N3O2/c1-13-4-3-5-14(2)17(13)18(25)23-10-15(16-11-22-12-26-16)24-8-6-19(20,21)7-9-24/h3-5,11-12,15H,6-10H2,1-2H3,(H,23,25)/t15-/m1/s1. The number of amides is 1. The quantitative estimate of drug-likeness (QED) is 0.883. The van der Waals surface area contributed by atoms with E-state index in [1.807, 2.05) is 36.9 Å². The minimum absolute atomic E-state index is 0.174. The summed E-state index contributed by atoms with van der Waals surface area (Å²) in [4.78, 5) is 18.5. The zero-order valence-corrected chi connectivity index (χ0v) is 15.0. The number of nitrogens with zero attached hydrogens (tertiary/aromatic N) is 2. The molecule has 2 heterocycles. The third-order valence-corrected chi connectivity index (χ3v) is 4.91. The molecule has 3 rings (SSSR count). The molecule has 1 aliphatic heterocycles. The normalized spacial score (nSPS) is 18.5. The molecular weight excluding hydrogens is 340 g/mol. The molecule has 140 valence electrons. The third-order valence-electron chi connectivity index (χ3n) is 4.91. The van der Waals surface area contributed by atoms with Crippen LogP contribution in [0.2, 0.25) is 0 Å². The molecule has 7 heteroatoms. The van der Waals surface area contributed by atoms with Crippen molar-refractivity contribution in [1.29, 1.82) is 0 Å². The van der Waals surface area contributed by atoms with Crippen molar-refractivity contribution in [3.05, 3.63) is 53.2 Å². The zero-order valence-electron chi connectivity index (χ0n) is 15.0. The van der Waals surface area contributed by atoms with Crippen molar-refractivity contribution < 1.29 is 18.0 Å². The molecule has 1 fully saturated rings. The number of rotatable bonds is 5. The molecule has 26 heavy (non-hydrogen) atoms.